The number of nitro benzene ring substituents is 1. The summed E-state index contributed by atoms with van der Waals surface area (Å²) >= 11 is 0. The molecule has 0 bridgehead atoms. The fourth-order valence-electron chi connectivity index (χ4n) is 1.78. The molecule has 1 N–H and O–H groups in total. The SMILES string of the molecule is Cc1nc(CNCc2cc([N+](=O)[O-])c(F)cc2F)oc1C. The molecule has 21 heavy (non-hydrogen) atoms. The van der Waals surface area contributed by atoms with Crippen molar-refractivity contribution in [2.24, 2.45) is 0 Å². The molecular weight excluding hydrogens is 284 g/mol. The van der Waals surface area contributed by atoms with E-state index in [1.165, 1.54) is 0 Å². The second-order valence-corrected chi connectivity index (χ2v) is 4.50. The van der Waals surface area contributed by atoms with E-state index in [1.807, 2.05) is 0 Å². The number of nitrogens with zero attached hydrogens (tertiary/aromatic N) is 2. The van der Waals surface area contributed by atoms with Crippen LogP contribution in [-0.4, -0.2) is 9.91 Å². The van der Waals surface area contributed by atoms with Crippen LogP contribution < -0.4 is 5.32 Å². The van der Waals surface area contributed by atoms with Crippen molar-refractivity contribution in [3.63, 3.8) is 0 Å². The topological polar surface area (TPSA) is 81.2 Å². The van der Waals surface area contributed by atoms with Gasteiger partial charge in [-0.05, 0) is 13.8 Å². The minimum absolute atomic E-state index is 0.00287. The fourth-order valence-corrected chi connectivity index (χ4v) is 1.78. The van der Waals surface area contributed by atoms with Crippen LogP contribution in [0.4, 0.5) is 14.5 Å². The molecule has 112 valence electrons. The highest BCUT2D eigenvalue weighted by molar-refractivity contribution is 5.37. The van der Waals surface area contributed by atoms with Gasteiger partial charge >= 0.3 is 5.69 Å². The van der Waals surface area contributed by atoms with Gasteiger partial charge in [0.25, 0.3) is 0 Å². The van der Waals surface area contributed by atoms with Gasteiger partial charge in [0.05, 0.1) is 17.2 Å². The van der Waals surface area contributed by atoms with E-state index in [2.05, 4.69) is 10.3 Å². The summed E-state index contributed by atoms with van der Waals surface area (Å²) in [4.78, 5) is 13.9. The summed E-state index contributed by atoms with van der Waals surface area (Å²) in [5, 5.41) is 13.5. The molecule has 2 rings (SSSR count). The van der Waals surface area contributed by atoms with E-state index in [1.54, 1.807) is 13.8 Å². The van der Waals surface area contributed by atoms with Crippen LogP contribution in [0, 0.1) is 35.6 Å². The Hall–Kier alpha value is -2.35. The number of aryl methyl sites for hydroxylation is 2. The summed E-state index contributed by atoms with van der Waals surface area (Å²) < 4.78 is 32.1. The molecule has 0 unspecified atom stereocenters. The third-order valence-corrected chi connectivity index (χ3v) is 2.98. The molecule has 2 aromatic rings. The Bertz CT molecular complexity index is 666. The van der Waals surface area contributed by atoms with Crippen molar-refractivity contribution in [2.45, 2.75) is 26.9 Å². The van der Waals surface area contributed by atoms with Crippen molar-refractivity contribution in [1.82, 2.24) is 10.3 Å². The van der Waals surface area contributed by atoms with Crippen molar-refractivity contribution in [3.05, 3.63) is 56.8 Å². The van der Waals surface area contributed by atoms with Crippen LogP contribution >= 0.6 is 0 Å². The first-order valence-corrected chi connectivity index (χ1v) is 6.14. The van der Waals surface area contributed by atoms with E-state index < -0.39 is 22.2 Å². The van der Waals surface area contributed by atoms with Gasteiger partial charge in [0.1, 0.15) is 11.6 Å². The fraction of sp³-hybridized carbons (Fsp3) is 0.308. The van der Waals surface area contributed by atoms with Crippen molar-refractivity contribution in [2.75, 3.05) is 0 Å². The van der Waals surface area contributed by atoms with E-state index in [0.29, 0.717) is 17.7 Å². The van der Waals surface area contributed by atoms with Crippen LogP contribution in [0.5, 0.6) is 0 Å². The summed E-state index contributed by atoms with van der Waals surface area (Å²) in [5.41, 5.74) is 0.00881. The number of nitrogens with one attached hydrogen (secondary N) is 1. The van der Waals surface area contributed by atoms with Crippen molar-refractivity contribution >= 4 is 5.69 Å². The van der Waals surface area contributed by atoms with Crippen LogP contribution in [-0.2, 0) is 13.1 Å². The number of benzene rings is 1. The predicted molar refractivity (Wildman–Crippen MR) is 69.5 cm³/mol. The lowest BCUT2D eigenvalue weighted by Crippen LogP contribution is -2.14. The zero-order chi connectivity index (χ0) is 15.6. The molecule has 0 aliphatic rings. The molecule has 0 radical (unpaired) electrons. The van der Waals surface area contributed by atoms with Gasteiger partial charge in [0.2, 0.25) is 11.7 Å². The second-order valence-electron chi connectivity index (χ2n) is 4.50. The number of nitro groups is 1. The Morgan fingerprint density at radius 3 is 2.57 bits per heavy atom. The molecule has 1 aromatic carbocycles. The first-order valence-electron chi connectivity index (χ1n) is 6.14. The summed E-state index contributed by atoms with van der Waals surface area (Å²) in [6, 6.07) is 1.39. The molecule has 6 nitrogen and oxygen atoms in total. The zero-order valence-corrected chi connectivity index (χ0v) is 11.4. The smallest absolute Gasteiger partial charge is 0.305 e. The van der Waals surface area contributed by atoms with Crippen LogP contribution in [0.1, 0.15) is 22.9 Å². The maximum absolute atomic E-state index is 13.5. The van der Waals surface area contributed by atoms with Gasteiger partial charge in [-0.3, -0.25) is 10.1 Å². The molecule has 0 saturated heterocycles. The number of aromatic nitrogens is 1. The summed E-state index contributed by atoms with van der Waals surface area (Å²) in [6.45, 7) is 3.80. The van der Waals surface area contributed by atoms with Crippen molar-refractivity contribution < 1.29 is 18.1 Å². The van der Waals surface area contributed by atoms with Crippen LogP contribution in [0.2, 0.25) is 0 Å². The van der Waals surface area contributed by atoms with Gasteiger partial charge in [-0.2, -0.15) is 4.39 Å². The highest BCUT2D eigenvalue weighted by Crippen LogP contribution is 2.21. The largest absolute Gasteiger partial charge is 0.444 e. The van der Waals surface area contributed by atoms with Crippen LogP contribution in [0.25, 0.3) is 0 Å². The normalized spacial score (nSPS) is 10.9. The molecule has 0 amide bonds. The molecular formula is C13H13F2N3O3. The molecule has 0 aliphatic carbocycles. The second kappa shape index (κ2) is 5.96. The van der Waals surface area contributed by atoms with Crippen molar-refractivity contribution in [3.8, 4) is 0 Å². The molecule has 8 heteroatoms. The number of rotatable bonds is 5. The highest BCUT2D eigenvalue weighted by Gasteiger charge is 2.18. The van der Waals surface area contributed by atoms with Gasteiger partial charge in [0, 0.05) is 24.2 Å². The number of hydrogen-bond acceptors (Lipinski definition) is 5. The lowest BCUT2D eigenvalue weighted by atomic mass is 10.2. The molecule has 0 atom stereocenters. The van der Waals surface area contributed by atoms with E-state index in [4.69, 9.17) is 4.42 Å². The van der Waals surface area contributed by atoms with Gasteiger partial charge in [-0.25, -0.2) is 9.37 Å². The molecule has 0 saturated carbocycles. The summed E-state index contributed by atoms with van der Waals surface area (Å²) in [7, 11) is 0. The highest BCUT2D eigenvalue weighted by atomic mass is 19.1. The Kier molecular flexibility index (Phi) is 4.27. The molecule has 0 aliphatic heterocycles. The quantitative estimate of drug-likeness (QED) is 0.678. The Morgan fingerprint density at radius 2 is 2.00 bits per heavy atom. The summed E-state index contributed by atoms with van der Waals surface area (Å²) in [6.07, 6.45) is 0. The van der Waals surface area contributed by atoms with Gasteiger partial charge < -0.3 is 9.73 Å². The van der Waals surface area contributed by atoms with Gasteiger partial charge in [0.15, 0.2) is 0 Å². The third-order valence-electron chi connectivity index (χ3n) is 2.98. The average Bonchev–Trinajstić information content (AvgIpc) is 2.71. The van der Waals surface area contributed by atoms with Crippen molar-refractivity contribution in [1.29, 1.82) is 0 Å². The minimum atomic E-state index is -1.19. The molecule has 0 spiro atoms. The Balaban J connectivity index is 2.06. The lowest BCUT2D eigenvalue weighted by Gasteiger charge is -2.05. The van der Waals surface area contributed by atoms with E-state index in [0.717, 1.165) is 11.8 Å². The van der Waals surface area contributed by atoms with Crippen LogP contribution in [0.3, 0.4) is 0 Å². The van der Waals surface area contributed by atoms with Crippen LogP contribution in [0.15, 0.2) is 16.5 Å². The molecule has 1 heterocycles. The number of oxazole rings is 1. The third kappa shape index (κ3) is 3.40. The monoisotopic (exact) mass is 297 g/mol. The minimum Gasteiger partial charge on any atom is -0.444 e. The first-order chi connectivity index (χ1) is 9.88. The first kappa shape index (κ1) is 15.0. The van der Waals surface area contributed by atoms with Gasteiger partial charge in [-0.1, -0.05) is 0 Å². The zero-order valence-electron chi connectivity index (χ0n) is 11.4. The Labute approximate surface area is 118 Å². The van der Waals surface area contributed by atoms with E-state index in [-0.39, 0.29) is 18.7 Å². The van der Waals surface area contributed by atoms with E-state index >= 15 is 0 Å². The average molecular weight is 297 g/mol. The molecule has 0 fully saturated rings. The van der Waals surface area contributed by atoms with E-state index in [9.17, 15) is 18.9 Å². The Morgan fingerprint density at radius 1 is 1.29 bits per heavy atom. The molecule has 1 aromatic heterocycles. The standard InChI is InChI=1S/C13H13F2N3O3/c1-7-8(2)21-13(17-7)6-16-5-9-3-12(18(19)20)11(15)4-10(9)14/h3-4,16H,5-6H2,1-2H3. The van der Waals surface area contributed by atoms with Gasteiger partial charge in [-0.15, -0.1) is 0 Å². The lowest BCUT2D eigenvalue weighted by molar-refractivity contribution is -0.387. The number of hydrogen-bond donors (Lipinski definition) is 1. The predicted octanol–water partition coefficient (Wildman–Crippen LogP) is 2.77. The summed E-state index contributed by atoms with van der Waals surface area (Å²) in [5.74, 6) is -0.914. The maximum Gasteiger partial charge on any atom is 0.305 e. The maximum atomic E-state index is 13.5. The number of halogens is 2.